The highest BCUT2D eigenvalue weighted by Crippen LogP contribution is 2.30. The van der Waals surface area contributed by atoms with Crippen molar-refractivity contribution in [3.63, 3.8) is 0 Å². The summed E-state index contributed by atoms with van der Waals surface area (Å²) in [4.78, 5) is 14.5. The molecule has 2 rings (SSSR count). The molecule has 8 nitrogen and oxygen atoms in total. The Morgan fingerprint density at radius 2 is 2.21 bits per heavy atom. The van der Waals surface area contributed by atoms with Crippen LogP contribution in [0.5, 0.6) is 0 Å². The van der Waals surface area contributed by atoms with Gasteiger partial charge in [0, 0.05) is 0 Å². The number of carboxylic acids is 1. The normalized spacial score (nSPS) is 30.2. The van der Waals surface area contributed by atoms with Crippen LogP contribution in [0.3, 0.4) is 0 Å². The van der Waals surface area contributed by atoms with E-state index in [1.807, 2.05) is 0 Å². The molecule has 0 saturated carbocycles. The molecule has 1 saturated heterocycles. The van der Waals surface area contributed by atoms with Gasteiger partial charge in [-0.25, -0.2) is 9.78 Å². The molecule has 1 aliphatic heterocycles. The van der Waals surface area contributed by atoms with Crippen LogP contribution in [0.15, 0.2) is 6.33 Å². The first-order valence-corrected chi connectivity index (χ1v) is 5.40. The SMILES string of the molecule is C#Cc1c(C(=O)O)ncn1C1OC(CO)C(O)C1O. The number of imidazole rings is 1. The van der Waals surface area contributed by atoms with Crippen LogP contribution in [-0.4, -0.2) is 60.9 Å². The number of nitrogens with zero attached hydrogens (tertiary/aromatic N) is 2. The Bertz CT molecular complexity index is 534. The van der Waals surface area contributed by atoms with Crippen LogP contribution >= 0.6 is 0 Å². The zero-order valence-corrected chi connectivity index (χ0v) is 9.67. The molecule has 1 fully saturated rings. The Morgan fingerprint density at radius 3 is 2.68 bits per heavy atom. The van der Waals surface area contributed by atoms with Gasteiger partial charge in [0.1, 0.15) is 24.0 Å². The molecule has 1 aromatic heterocycles. The number of aromatic carboxylic acids is 1. The smallest absolute Gasteiger partial charge is 0.357 e. The maximum Gasteiger partial charge on any atom is 0.357 e. The van der Waals surface area contributed by atoms with E-state index in [1.54, 1.807) is 0 Å². The van der Waals surface area contributed by atoms with Gasteiger partial charge in [-0.2, -0.15) is 0 Å². The minimum Gasteiger partial charge on any atom is -0.476 e. The predicted octanol–water partition coefficient (Wildman–Crippen LogP) is -1.83. The quantitative estimate of drug-likeness (QED) is 0.475. The summed E-state index contributed by atoms with van der Waals surface area (Å²) in [6.07, 6.45) is 1.62. The molecule has 4 unspecified atom stereocenters. The summed E-state index contributed by atoms with van der Waals surface area (Å²) in [5.41, 5.74) is -0.428. The molecule has 1 aliphatic rings. The lowest BCUT2D eigenvalue weighted by atomic mass is 10.1. The third-order valence-electron chi connectivity index (χ3n) is 2.92. The second-order valence-corrected chi connectivity index (χ2v) is 4.03. The second-order valence-electron chi connectivity index (χ2n) is 4.03. The van der Waals surface area contributed by atoms with Crippen molar-refractivity contribution in [1.82, 2.24) is 9.55 Å². The molecule has 0 amide bonds. The molecule has 102 valence electrons. The van der Waals surface area contributed by atoms with Crippen LogP contribution in [0.4, 0.5) is 0 Å². The maximum absolute atomic E-state index is 10.9. The van der Waals surface area contributed by atoms with Gasteiger partial charge < -0.3 is 25.2 Å². The number of aliphatic hydroxyl groups excluding tert-OH is 3. The second kappa shape index (κ2) is 4.99. The van der Waals surface area contributed by atoms with Crippen molar-refractivity contribution in [2.75, 3.05) is 6.61 Å². The number of aromatic nitrogens is 2. The molecule has 0 aromatic carbocycles. The number of rotatable bonds is 3. The van der Waals surface area contributed by atoms with Gasteiger partial charge in [0.15, 0.2) is 11.9 Å². The predicted molar refractivity (Wildman–Crippen MR) is 60.1 cm³/mol. The van der Waals surface area contributed by atoms with E-state index in [0.717, 1.165) is 10.9 Å². The molecule has 4 atom stereocenters. The molecule has 1 aromatic rings. The first kappa shape index (κ1) is 13.5. The molecular weight excluding hydrogens is 256 g/mol. The van der Waals surface area contributed by atoms with Crippen molar-refractivity contribution in [3.05, 3.63) is 17.7 Å². The zero-order chi connectivity index (χ0) is 14.2. The van der Waals surface area contributed by atoms with Crippen LogP contribution in [0, 0.1) is 12.3 Å². The van der Waals surface area contributed by atoms with E-state index in [0.29, 0.717) is 0 Å². The molecule has 2 heterocycles. The number of hydrogen-bond donors (Lipinski definition) is 4. The highest BCUT2D eigenvalue weighted by Gasteiger charge is 2.44. The lowest BCUT2D eigenvalue weighted by Gasteiger charge is -2.17. The average molecular weight is 268 g/mol. The van der Waals surface area contributed by atoms with Crippen molar-refractivity contribution in [2.45, 2.75) is 24.5 Å². The zero-order valence-electron chi connectivity index (χ0n) is 9.67. The standard InChI is InChI=1S/C11H12N2O6/c1-2-5-7(11(17)18)12-4-13(5)10-9(16)8(15)6(3-14)19-10/h1,4,6,8-10,14-16H,3H2,(H,17,18). The summed E-state index contributed by atoms with van der Waals surface area (Å²) in [6, 6.07) is 0. The largest absolute Gasteiger partial charge is 0.476 e. The topological polar surface area (TPSA) is 125 Å². The van der Waals surface area contributed by atoms with Gasteiger partial charge >= 0.3 is 5.97 Å². The van der Waals surface area contributed by atoms with E-state index >= 15 is 0 Å². The van der Waals surface area contributed by atoms with Crippen LogP contribution in [0.1, 0.15) is 22.4 Å². The number of carboxylic acid groups (broad SMARTS) is 1. The molecule has 0 spiro atoms. The fraction of sp³-hybridized carbons (Fsp3) is 0.455. The van der Waals surface area contributed by atoms with Gasteiger partial charge in [-0.1, -0.05) is 0 Å². The summed E-state index contributed by atoms with van der Waals surface area (Å²) >= 11 is 0. The van der Waals surface area contributed by atoms with Crippen molar-refractivity contribution in [3.8, 4) is 12.3 Å². The van der Waals surface area contributed by atoms with Crippen LogP contribution in [0.25, 0.3) is 0 Å². The Morgan fingerprint density at radius 1 is 1.53 bits per heavy atom. The maximum atomic E-state index is 10.9. The lowest BCUT2D eigenvalue weighted by Crippen LogP contribution is -2.33. The van der Waals surface area contributed by atoms with Crippen molar-refractivity contribution in [1.29, 1.82) is 0 Å². The Labute approximate surface area is 107 Å². The van der Waals surface area contributed by atoms with Gasteiger partial charge in [-0.05, 0) is 5.92 Å². The highest BCUT2D eigenvalue weighted by molar-refractivity contribution is 5.87. The molecule has 0 aliphatic carbocycles. The van der Waals surface area contributed by atoms with Gasteiger partial charge in [0.2, 0.25) is 0 Å². The number of carbonyl (C=O) groups is 1. The van der Waals surface area contributed by atoms with Crippen molar-refractivity contribution < 1.29 is 30.0 Å². The minimum absolute atomic E-state index is 0.0812. The molecule has 4 N–H and O–H groups in total. The third-order valence-corrected chi connectivity index (χ3v) is 2.92. The summed E-state index contributed by atoms with van der Waals surface area (Å²) in [7, 11) is 0. The molecule has 0 bridgehead atoms. The summed E-state index contributed by atoms with van der Waals surface area (Å²) in [6.45, 7) is -0.486. The first-order valence-electron chi connectivity index (χ1n) is 5.40. The van der Waals surface area contributed by atoms with Gasteiger partial charge in [0.25, 0.3) is 0 Å². The molecule has 19 heavy (non-hydrogen) atoms. The Kier molecular flexibility index (Phi) is 3.55. The van der Waals surface area contributed by atoms with E-state index in [1.165, 1.54) is 0 Å². The molecular formula is C11H12N2O6. The van der Waals surface area contributed by atoms with Gasteiger partial charge in [0.05, 0.1) is 12.9 Å². The fourth-order valence-corrected chi connectivity index (χ4v) is 1.96. The number of terminal acetylenes is 1. The van der Waals surface area contributed by atoms with E-state index in [-0.39, 0.29) is 11.4 Å². The molecule has 0 radical (unpaired) electrons. The monoisotopic (exact) mass is 268 g/mol. The van der Waals surface area contributed by atoms with E-state index in [2.05, 4.69) is 10.9 Å². The fourth-order valence-electron chi connectivity index (χ4n) is 1.96. The van der Waals surface area contributed by atoms with Gasteiger partial charge in [-0.3, -0.25) is 4.57 Å². The van der Waals surface area contributed by atoms with Crippen molar-refractivity contribution in [2.24, 2.45) is 0 Å². The van der Waals surface area contributed by atoms with Crippen molar-refractivity contribution >= 4 is 5.97 Å². The van der Waals surface area contributed by atoms with Gasteiger partial charge in [-0.15, -0.1) is 6.42 Å². The Hall–Kier alpha value is -1.92. The van der Waals surface area contributed by atoms with Crippen LogP contribution in [0.2, 0.25) is 0 Å². The number of aliphatic hydroxyl groups is 3. The number of ether oxygens (including phenoxy) is 1. The van der Waals surface area contributed by atoms with E-state index in [9.17, 15) is 15.0 Å². The Balaban J connectivity index is 2.39. The van der Waals surface area contributed by atoms with Crippen LogP contribution < -0.4 is 0 Å². The summed E-state index contributed by atoms with van der Waals surface area (Å²) < 4.78 is 6.39. The average Bonchev–Trinajstić information content (AvgIpc) is 2.92. The van der Waals surface area contributed by atoms with E-state index in [4.69, 9.17) is 21.4 Å². The van der Waals surface area contributed by atoms with E-state index < -0.39 is 37.1 Å². The number of hydrogen-bond acceptors (Lipinski definition) is 6. The third kappa shape index (κ3) is 2.09. The highest BCUT2D eigenvalue weighted by atomic mass is 16.6. The lowest BCUT2D eigenvalue weighted by molar-refractivity contribution is -0.0531. The summed E-state index contributed by atoms with van der Waals surface area (Å²) in [5.74, 6) is 0.848. The summed E-state index contributed by atoms with van der Waals surface area (Å²) in [5, 5.41) is 37.3. The minimum atomic E-state index is -1.35. The molecule has 8 heteroatoms. The first-order chi connectivity index (χ1) is 9.01. The van der Waals surface area contributed by atoms with Crippen LogP contribution in [-0.2, 0) is 4.74 Å².